The lowest BCUT2D eigenvalue weighted by Crippen LogP contribution is -2.35. The van der Waals surface area contributed by atoms with E-state index in [2.05, 4.69) is 14.9 Å². The minimum absolute atomic E-state index is 0.584. The summed E-state index contributed by atoms with van der Waals surface area (Å²) in [6.45, 7) is 7.97. The molecule has 0 amide bonds. The Bertz CT molecular complexity index is 260. The first-order valence-corrected chi connectivity index (χ1v) is 5.96. The van der Waals surface area contributed by atoms with Crippen molar-refractivity contribution < 1.29 is 0 Å². The predicted molar refractivity (Wildman–Crippen MR) is 72.0 cm³/mol. The van der Waals surface area contributed by atoms with Gasteiger partial charge in [0.2, 0.25) is 0 Å². The van der Waals surface area contributed by atoms with Gasteiger partial charge < -0.3 is 10.6 Å². The molecule has 1 heterocycles. The molecule has 0 aromatic carbocycles. The minimum atomic E-state index is 0.584. The van der Waals surface area contributed by atoms with Gasteiger partial charge >= 0.3 is 0 Å². The first-order chi connectivity index (χ1) is 7.77. The molecular weight excluding hydrogens is 200 g/mol. The van der Waals surface area contributed by atoms with Gasteiger partial charge in [-0.3, -0.25) is 4.99 Å². The molecule has 92 valence electrons. The standard InChI is InChI=1S/C10H18N4.C2H6/c1-3-6-9(12-2)13-10(11)14-7-4-5-8-14;1-2/h3,6H,4-5,7-8H2,1-2H3,(H2,11,12,13);1-2H3/b6-3+;. The molecule has 1 rings (SSSR count). The Kier molecular flexibility index (Phi) is 8.21. The Hall–Kier alpha value is -1.32. The summed E-state index contributed by atoms with van der Waals surface area (Å²) in [5.74, 6) is 1.26. The molecular formula is C12H24N4. The molecule has 0 aromatic rings. The Morgan fingerprint density at radius 1 is 1.25 bits per heavy atom. The average molecular weight is 224 g/mol. The van der Waals surface area contributed by atoms with Crippen LogP contribution >= 0.6 is 0 Å². The van der Waals surface area contributed by atoms with E-state index in [4.69, 9.17) is 5.73 Å². The van der Waals surface area contributed by atoms with E-state index in [1.807, 2.05) is 32.9 Å². The molecule has 4 nitrogen and oxygen atoms in total. The van der Waals surface area contributed by atoms with Gasteiger partial charge in [0, 0.05) is 20.1 Å². The van der Waals surface area contributed by atoms with E-state index >= 15 is 0 Å². The first kappa shape index (κ1) is 14.7. The van der Waals surface area contributed by atoms with Crippen molar-refractivity contribution in [3.8, 4) is 0 Å². The van der Waals surface area contributed by atoms with Crippen LogP contribution in [0.1, 0.15) is 33.6 Å². The van der Waals surface area contributed by atoms with Gasteiger partial charge in [-0.2, -0.15) is 4.99 Å². The van der Waals surface area contributed by atoms with E-state index in [0.29, 0.717) is 11.8 Å². The fourth-order valence-electron chi connectivity index (χ4n) is 1.45. The van der Waals surface area contributed by atoms with Crippen LogP contribution in [0, 0.1) is 0 Å². The summed E-state index contributed by atoms with van der Waals surface area (Å²) >= 11 is 0. The molecule has 0 aromatic heterocycles. The van der Waals surface area contributed by atoms with Crippen LogP contribution in [0.15, 0.2) is 22.1 Å². The number of amidine groups is 1. The van der Waals surface area contributed by atoms with Crippen LogP contribution in [-0.2, 0) is 0 Å². The lowest BCUT2D eigenvalue weighted by atomic mass is 10.4. The molecule has 16 heavy (non-hydrogen) atoms. The number of guanidine groups is 1. The lowest BCUT2D eigenvalue weighted by Gasteiger charge is -2.15. The van der Waals surface area contributed by atoms with E-state index in [1.165, 1.54) is 12.8 Å². The highest BCUT2D eigenvalue weighted by Gasteiger charge is 2.13. The first-order valence-electron chi connectivity index (χ1n) is 5.96. The van der Waals surface area contributed by atoms with Crippen LogP contribution in [0.2, 0.25) is 0 Å². The molecule has 0 atom stereocenters. The fourth-order valence-corrected chi connectivity index (χ4v) is 1.45. The fraction of sp³-hybridized carbons (Fsp3) is 0.667. The summed E-state index contributed by atoms with van der Waals surface area (Å²) in [4.78, 5) is 10.4. The van der Waals surface area contributed by atoms with Gasteiger partial charge in [0.15, 0.2) is 11.8 Å². The molecule has 0 saturated carbocycles. The zero-order chi connectivity index (χ0) is 12.4. The van der Waals surface area contributed by atoms with Gasteiger partial charge in [0.25, 0.3) is 0 Å². The maximum Gasteiger partial charge on any atom is 0.197 e. The van der Waals surface area contributed by atoms with Gasteiger partial charge in [-0.1, -0.05) is 19.9 Å². The van der Waals surface area contributed by atoms with Crippen LogP contribution in [0.4, 0.5) is 0 Å². The van der Waals surface area contributed by atoms with Crippen molar-refractivity contribution in [1.82, 2.24) is 4.90 Å². The van der Waals surface area contributed by atoms with Gasteiger partial charge in [0.05, 0.1) is 0 Å². The number of hydrogen-bond donors (Lipinski definition) is 1. The number of nitrogens with zero attached hydrogens (tertiary/aromatic N) is 3. The van der Waals surface area contributed by atoms with Crippen LogP contribution in [0.25, 0.3) is 0 Å². The topological polar surface area (TPSA) is 54.0 Å². The zero-order valence-corrected chi connectivity index (χ0v) is 10.9. The molecule has 0 unspecified atom stereocenters. The Morgan fingerprint density at radius 2 is 1.81 bits per heavy atom. The third-order valence-corrected chi connectivity index (χ3v) is 2.20. The highest BCUT2D eigenvalue weighted by molar-refractivity contribution is 6.01. The molecule has 2 N–H and O–H groups in total. The molecule has 1 aliphatic heterocycles. The smallest absolute Gasteiger partial charge is 0.197 e. The largest absolute Gasteiger partial charge is 0.369 e. The van der Waals surface area contributed by atoms with Gasteiger partial charge in [-0.15, -0.1) is 0 Å². The molecule has 1 saturated heterocycles. The quantitative estimate of drug-likeness (QED) is 0.547. The van der Waals surface area contributed by atoms with Crippen molar-refractivity contribution in [2.24, 2.45) is 15.7 Å². The number of hydrogen-bond acceptors (Lipinski definition) is 1. The van der Waals surface area contributed by atoms with Crippen LogP contribution in [0.3, 0.4) is 0 Å². The number of rotatable bonds is 1. The highest BCUT2D eigenvalue weighted by atomic mass is 15.3. The van der Waals surface area contributed by atoms with E-state index in [1.54, 1.807) is 7.05 Å². The average Bonchev–Trinajstić information content (AvgIpc) is 2.84. The number of likely N-dealkylation sites (tertiary alicyclic amines) is 1. The third-order valence-electron chi connectivity index (χ3n) is 2.20. The molecule has 4 heteroatoms. The minimum Gasteiger partial charge on any atom is -0.369 e. The van der Waals surface area contributed by atoms with Crippen molar-refractivity contribution in [2.75, 3.05) is 20.1 Å². The second kappa shape index (κ2) is 8.95. The van der Waals surface area contributed by atoms with Crippen LogP contribution in [-0.4, -0.2) is 36.8 Å². The normalized spacial score (nSPS) is 17.6. The van der Waals surface area contributed by atoms with Crippen LogP contribution in [0.5, 0.6) is 0 Å². The van der Waals surface area contributed by atoms with Gasteiger partial charge in [0.1, 0.15) is 0 Å². The maximum absolute atomic E-state index is 5.85. The van der Waals surface area contributed by atoms with Crippen molar-refractivity contribution in [3.05, 3.63) is 12.2 Å². The summed E-state index contributed by atoms with van der Waals surface area (Å²) in [7, 11) is 1.72. The number of allylic oxidation sites excluding steroid dienone is 1. The highest BCUT2D eigenvalue weighted by Crippen LogP contribution is 2.06. The maximum atomic E-state index is 5.85. The third kappa shape index (κ3) is 4.96. The SMILES string of the molecule is C/C=C/C(=NC)N=C(N)N1CCCC1.CC. The van der Waals surface area contributed by atoms with E-state index in [-0.39, 0.29) is 0 Å². The Morgan fingerprint density at radius 3 is 2.25 bits per heavy atom. The summed E-state index contributed by atoms with van der Waals surface area (Å²) < 4.78 is 0. The van der Waals surface area contributed by atoms with E-state index in [0.717, 1.165) is 13.1 Å². The summed E-state index contributed by atoms with van der Waals surface area (Å²) in [5.41, 5.74) is 5.85. The predicted octanol–water partition coefficient (Wildman–Crippen LogP) is 2.03. The monoisotopic (exact) mass is 224 g/mol. The summed E-state index contributed by atoms with van der Waals surface area (Å²) in [6, 6.07) is 0. The second-order valence-electron chi connectivity index (χ2n) is 3.25. The van der Waals surface area contributed by atoms with Crippen LogP contribution < -0.4 is 5.73 Å². The molecule has 0 aliphatic carbocycles. The molecule has 0 radical (unpaired) electrons. The summed E-state index contributed by atoms with van der Waals surface area (Å²) in [6.07, 6.45) is 6.17. The summed E-state index contributed by atoms with van der Waals surface area (Å²) in [5, 5.41) is 0. The van der Waals surface area contributed by atoms with E-state index < -0.39 is 0 Å². The van der Waals surface area contributed by atoms with Crippen molar-refractivity contribution in [3.63, 3.8) is 0 Å². The number of aliphatic imine (C=N–C) groups is 2. The van der Waals surface area contributed by atoms with Crippen molar-refractivity contribution in [1.29, 1.82) is 0 Å². The van der Waals surface area contributed by atoms with Gasteiger partial charge in [-0.25, -0.2) is 0 Å². The Labute approximate surface area is 99.0 Å². The zero-order valence-electron chi connectivity index (χ0n) is 10.9. The van der Waals surface area contributed by atoms with Crippen molar-refractivity contribution >= 4 is 11.8 Å². The molecule has 0 bridgehead atoms. The Balaban J connectivity index is 0.00000106. The second-order valence-corrected chi connectivity index (χ2v) is 3.25. The van der Waals surface area contributed by atoms with Gasteiger partial charge in [-0.05, 0) is 25.8 Å². The van der Waals surface area contributed by atoms with E-state index in [9.17, 15) is 0 Å². The van der Waals surface area contributed by atoms with Crippen molar-refractivity contribution in [2.45, 2.75) is 33.6 Å². The molecule has 0 spiro atoms. The number of nitrogens with two attached hydrogens (primary N) is 1. The molecule has 1 aliphatic rings. The lowest BCUT2D eigenvalue weighted by molar-refractivity contribution is 0.514. The molecule has 1 fully saturated rings.